The van der Waals surface area contributed by atoms with E-state index in [0.29, 0.717) is 0 Å². The SMILES string of the molecule is O=C(O)C(F)(F)F.c1cc(CNCCc2ccncc2)cc(-c2csc(-c3nc4ccccc4[nH]3)c2)c1. The van der Waals surface area contributed by atoms with Gasteiger partial charge in [-0.3, -0.25) is 4.98 Å². The smallest absolute Gasteiger partial charge is 0.475 e. The molecule has 0 aliphatic carbocycles. The van der Waals surface area contributed by atoms with Gasteiger partial charge >= 0.3 is 12.1 Å². The number of para-hydroxylation sites is 2. The number of benzene rings is 2. The molecule has 0 saturated carbocycles. The maximum absolute atomic E-state index is 10.6. The summed E-state index contributed by atoms with van der Waals surface area (Å²) in [6, 6.07) is 23.2. The number of aliphatic carboxylic acids is 1. The molecule has 6 nitrogen and oxygen atoms in total. The van der Waals surface area contributed by atoms with Crippen LogP contribution in [0.15, 0.2) is 84.5 Å². The van der Waals surface area contributed by atoms with Gasteiger partial charge in [-0.25, -0.2) is 9.78 Å². The lowest BCUT2D eigenvalue weighted by Crippen LogP contribution is -2.21. The fourth-order valence-corrected chi connectivity index (χ4v) is 4.42. The Kier molecular flexibility index (Phi) is 8.32. The van der Waals surface area contributed by atoms with Crippen molar-refractivity contribution in [3.8, 4) is 21.8 Å². The number of hydrogen-bond acceptors (Lipinski definition) is 5. The number of fused-ring (bicyclic) bond motifs is 1. The maximum atomic E-state index is 10.6. The van der Waals surface area contributed by atoms with Gasteiger partial charge in [0.15, 0.2) is 0 Å². The number of carbonyl (C=O) groups is 1. The van der Waals surface area contributed by atoms with Crippen molar-refractivity contribution in [2.45, 2.75) is 19.1 Å². The van der Waals surface area contributed by atoms with Crippen molar-refractivity contribution in [3.63, 3.8) is 0 Å². The van der Waals surface area contributed by atoms with Gasteiger partial charge < -0.3 is 15.4 Å². The molecule has 3 aromatic heterocycles. The lowest BCUT2D eigenvalue weighted by Gasteiger charge is -2.07. The monoisotopic (exact) mass is 524 g/mol. The van der Waals surface area contributed by atoms with E-state index in [0.717, 1.165) is 41.2 Å². The second-order valence-electron chi connectivity index (χ2n) is 8.09. The van der Waals surface area contributed by atoms with Gasteiger partial charge in [-0.2, -0.15) is 13.2 Å². The molecule has 3 heterocycles. The molecular formula is C27H23F3N4O2S. The lowest BCUT2D eigenvalue weighted by molar-refractivity contribution is -0.192. The molecule has 0 spiro atoms. The number of thiophene rings is 1. The van der Waals surface area contributed by atoms with Crippen LogP contribution in [0.4, 0.5) is 13.2 Å². The van der Waals surface area contributed by atoms with E-state index in [1.165, 1.54) is 22.3 Å². The molecule has 5 aromatic rings. The molecular weight excluding hydrogens is 501 g/mol. The highest BCUT2D eigenvalue weighted by Gasteiger charge is 2.38. The molecule has 10 heteroatoms. The molecule has 0 unspecified atom stereocenters. The molecule has 37 heavy (non-hydrogen) atoms. The number of pyridine rings is 1. The first-order chi connectivity index (χ1) is 17.8. The topological polar surface area (TPSA) is 90.9 Å². The Morgan fingerprint density at radius 1 is 0.973 bits per heavy atom. The Bertz CT molecular complexity index is 1430. The fourth-order valence-electron chi connectivity index (χ4n) is 3.56. The van der Waals surface area contributed by atoms with Crippen LogP contribution in [0.1, 0.15) is 11.1 Å². The number of imidazole rings is 1. The number of halogens is 3. The Labute approximate surface area is 214 Å². The normalized spacial score (nSPS) is 11.2. The van der Waals surface area contributed by atoms with Crippen LogP contribution in [-0.4, -0.2) is 38.7 Å². The molecule has 0 aliphatic rings. The standard InChI is InChI=1S/C25H22N4S.C2HF3O2/c1-2-7-23-22(6-1)28-25(29-23)24-15-21(17-30-24)20-5-3-4-19(14-20)16-27-13-10-18-8-11-26-12-9-18;3-2(4,5)1(6)7/h1-9,11-12,14-15,17,27H,10,13,16H2,(H,28,29);(H,6,7). The van der Waals surface area contributed by atoms with Gasteiger partial charge in [0.05, 0.1) is 15.9 Å². The van der Waals surface area contributed by atoms with Crippen LogP contribution >= 0.6 is 11.3 Å². The van der Waals surface area contributed by atoms with Crippen LogP contribution in [0.3, 0.4) is 0 Å². The van der Waals surface area contributed by atoms with Crippen LogP contribution in [0, 0.1) is 0 Å². The van der Waals surface area contributed by atoms with Gasteiger partial charge in [0, 0.05) is 18.9 Å². The number of nitrogens with one attached hydrogen (secondary N) is 2. The average molecular weight is 525 g/mol. The van der Waals surface area contributed by atoms with Crippen LogP contribution in [-0.2, 0) is 17.8 Å². The third-order valence-electron chi connectivity index (χ3n) is 5.39. The van der Waals surface area contributed by atoms with Crippen LogP contribution in [0.5, 0.6) is 0 Å². The molecule has 0 saturated heterocycles. The van der Waals surface area contributed by atoms with Crippen LogP contribution < -0.4 is 5.32 Å². The second kappa shape index (κ2) is 11.8. The van der Waals surface area contributed by atoms with E-state index in [1.807, 2.05) is 30.6 Å². The molecule has 0 atom stereocenters. The van der Waals surface area contributed by atoms with Crippen molar-refractivity contribution in [3.05, 3.63) is 95.6 Å². The Morgan fingerprint density at radius 2 is 1.73 bits per heavy atom. The van der Waals surface area contributed by atoms with Gasteiger partial charge in [-0.15, -0.1) is 11.3 Å². The summed E-state index contributed by atoms with van der Waals surface area (Å²) in [5.41, 5.74) is 7.14. The molecule has 0 amide bonds. The van der Waals surface area contributed by atoms with E-state index < -0.39 is 12.1 Å². The summed E-state index contributed by atoms with van der Waals surface area (Å²) >= 11 is 1.72. The average Bonchev–Trinajstić information content (AvgIpc) is 3.55. The number of aromatic nitrogens is 3. The highest BCUT2D eigenvalue weighted by atomic mass is 32.1. The number of carboxylic acid groups (broad SMARTS) is 1. The molecule has 0 bridgehead atoms. The summed E-state index contributed by atoms with van der Waals surface area (Å²) in [6.07, 6.45) is -0.383. The zero-order valence-electron chi connectivity index (χ0n) is 19.5. The van der Waals surface area contributed by atoms with Crippen molar-refractivity contribution in [2.75, 3.05) is 6.54 Å². The third-order valence-corrected chi connectivity index (χ3v) is 6.33. The summed E-state index contributed by atoms with van der Waals surface area (Å²) in [4.78, 5) is 22.3. The van der Waals surface area contributed by atoms with E-state index in [2.05, 4.69) is 69.2 Å². The van der Waals surface area contributed by atoms with E-state index in [4.69, 9.17) is 14.9 Å². The van der Waals surface area contributed by atoms with Crippen molar-refractivity contribution >= 4 is 28.3 Å². The minimum Gasteiger partial charge on any atom is -0.475 e. The Hall–Kier alpha value is -4.02. The van der Waals surface area contributed by atoms with Crippen molar-refractivity contribution < 1.29 is 23.1 Å². The van der Waals surface area contributed by atoms with Gasteiger partial charge in [0.2, 0.25) is 0 Å². The van der Waals surface area contributed by atoms with E-state index in [-0.39, 0.29) is 0 Å². The quantitative estimate of drug-likeness (QED) is 0.217. The first-order valence-electron chi connectivity index (χ1n) is 11.3. The zero-order chi connectivity index (χ0) is 26.3. The molecule has 190 valence electrons. The summed E-state index contributed by atoms with van der Waals surface area (Å²) in [5, 5.41) is 12.9. The van der Waals surface area contributed by atoms with Crippen molar-refractivity contribution in [2.24, 2.45) is 0 Å². The molecule has 0 fully saturated rings. The number of nitrogens with zero attached hydrogens (tertiary/aromatic N) is 2. The lowest BCUT2D eigenvalue weighted by atomic mass is 10.1. The maximum Gasteiger partial charge on any atom is 0.490 e. The number of aromatic amines is 1. The van der Waals surface area contributed by atoms with E-state index in [9.17, 15) is 13.2 Å². The fraction of sp³-hybridized carbons (Fsp3) is 0.148. The highest BCUT2D eigenvalue weighted by molar-refractivity contribution is 7.13. The number of alkyl halides is 3. The molecule has 2 aromatic carbocycles. The van der Waals surface area contributed by atoms with Gasteiger partial charge in [-0.05, 0) is 77.0 Å². The largest absolute Gasteiger partial charge is 0.490 e. The second-order valence-corrected chi connectivity index (χ2v) is 9.00. The predicted molar refractivity (Wildman–Crippen MR) is 138 cm³/mol. The predicted octanol–water partition coefficient (Wildman–Crippen LogP) is 6.32. The highest BCUT2D eigenvalue weighted by Crippen LogP contribution is 2.32. The van der Waals surface area contributed by atoms with Gasteiger partial charge in [-0.1, -0.05) is 30.3 Å². The summed E-state index contributed by atoms with van der Waals surface area (Å²) < 4.78 is 31.7. The van der Waals surface area contributed by atoms with E-state index >= 15 is 0 Å². The molecule has 5 rings (SSSR count). The Morgan fingerprint density at radius 3 is 2.46 bits per heavy atom. The molecule has 0 radical (unpaired) electrons. The number of hydrogen-bond donors (Lipinski definition) is 3. The molecule has 3 N–H and O–H groups in total. The number of carboxylic acids is 1. The minimum absolute atomic E-state index is 0.861. The van der Waals surface area contributed by atoms with Crippen molar-refractivity contribution in [1.82, 2.24) is 20.3 Å². The van der Waals surface area contributed by atoms with Crippen LogP contribution in [0.2, 0.25) is 0 Å². The van der Waals surface area contributed by atoms with Crippen LogP contribution in [0.25, 0.3) is 32.9 Å². The zero-order valence-corrected chi connectivity index (χ0v) is 20.3. The molecule has 0 aliphatic heterocycles. The summed E-state index contributed by atoms with van der Waals surface area (Å²) in [6.45, 7) is 1.81. The third kappa shape index (κ3) is 7.25. The van der Waals surface area contributed by atoms with E-state index in [1.54, 1.807) is 11.3 Å². The first-order valence-corrected chi connectivity index (χ1v) is 12.2. The van der Waals surface area contributed by atoms with Gasteiger partial charge in [0.1, 0.15) is 5.82 Å². The van der Waals surface area contributed by atoms with Crippen molar-refractivity contribution in [1.29, 1.82) is 0 Å². The minimum atomic E-state index is -5.08. The Balaban J connectivity index is 0.000000405. The summed E-state index contributed by atoms with van der Waals surface area (Å²) in [5.74, 6) is -1.83. The van der Waals surface area contributed by atoms with Gasteiger partial charge in [0.25, 0.3) is 0 Å². The number of rotatable bonds is 7. The number of H-pyrrole nitrogens is 1. The first kappa shape index (κ1) is 26.1. The summed E-state index contributed by atoms with van der Waals surface area (Å²) in [7, 11) is 0.